The van der Waals surface area contributed by atoms with Crippen LogP contribution in [0.1, 0.15) is 31.7 Å². The molecule has 1 N–H and O–H groups in total. The van der Waals surface area contributed by atoms with Gasteiger partial charge >= 0.3 is 0 Å². The maximum Gasteiger partial charge on any atom is 0.220 e. The Kier molecular flexibility index (Phi) is 6.80. The molecule has 1 amide bonds. The van der Waals surface area contributed by atoms with E-state index in [0.717, 1.165) is 5.75 Å². The van der Waals surface area contributed by atoms with E-state index in [1.165, 1.54) is 5.56 Å². The Hall–Kier alpha value is -1.03. The van der Waals surface area contributed by atoms with Crippen molar-refractivity contribution < 1.29 is 9.53 Å². The third-order valence-electron chi connectivity index (χ3n) is 2.54. The average Bonchev–Trinajstić information content (AvgIpc) is 2.35. The van der Waals surface area contributed by atoms with Gasteiger partial charge in [0.15, 0.2) is 0 Å². The summed E-state index contributed by atoms with van der Waals surface area (Å²) in [5.74, 6) is 1.39. The zero-order valence-corrected chi connectivity index (χ0v) is 12.5. The van der Waals surface area contributed by atoms with Crippen LogP contribution in [0.5, 0.6) is 5.75 Å². The van der Waals surface area contributed by atoms with Gasteiger partial charge in [-0.2, -0.15) is 0 Å². The Labute approximate surface area is 117 Å². The lowest BCUT2D eigenvalue weighted by molar-refractivity contribution is -0.120. The van der Waals surface area contributed by atoms with Gasteiger partial charge in [-0.1, -0.05) is 48.0 Å². The molecule has 18 heavy (non-hydrogen) atoms. The number of para-hydroxylation sites is 1. The molecule has 1 rings (SSSR count). The quantitative estimate of drug-likeness (QED) is 0.620. The molecule has 0 radical (unpaired) electrons. The fourth-order valence-corrected chi connectivity index (χ4v) is 1.97. The molecule has 100 valence electrons. The smallest absolute Gasteiger partial charge is 0.220 e. The topological polar surface area (TPSA) is 38.3 Å². The maximum absolute atomic E-state index is 11.2. The van der Waals surface area contributed by atoms with Gasteiger partial charge in [-0.3, -0.25) is 4.79 Å². The molecule has 0 aliphatic rings. The van der Waals surface area contributed by atoms with Crippen LogP contribution in [0.3, 0.4) is 0 Å². The van der Waals surface area contributed by atoms with Gasteiger partial charge in [0.25, 0.3) is 0 Å². The molecule has 0 bridgehead atoms. The van der Waals surface area contributed by atoms with Crippen LogP contribution in [0.2, 0.25) is 0 Å². The highest BCUT2D eigenvalue weighted by atomic mass is 79.9. The summed E-state index contributed by atoms with van der Waals surface area (Å²) in [6.07, 6.45) is 0.503. The van der Waals surface area contributed by atoms with Crippen LogP contribution in [0.4, 0.5) is 0 Å². The summed E-state index contributed by atoms with van der Waals surface area (Å²) >= 11 is 3.23. The van der Waals surface area contributed by atoms with Crippen molar-refractivity contribution in [3.63, 3.8) is 0 Å². The Bertz CT molecular complexity index is 380. The number of hydrogen-bond donors (Lipinski definition) is 1. The van der Waals surface area contributed by atoms with Gasteiger partial charge in [-0.25, -0.2) is 0 Å². The highest BCUT2D eigenvalue weighted by molar-refractivity contribution is 9.09. The Balaban J connectivity index is 2.37. The number of benzene rings is 1. The average molecular weight is 314 g/mol. The molecular formula is C14H20BrNO2. The molecule has 0 fully saturated rings. The molecule has 0 aliphatic heterocycles. The fourth-order valence-electron chi connectivity index (χ4n) is 1.61. The molecule has 4 heteroatoms. The van der Waals surface area contributed by atoms with E-state index in [1.54, 1.807) is 0 Å². The van der Waals surface area contributed by atoms with Crippen molar-refractivity contribution in [2.45, 2.75) is 26.2 Å². The van der Waals surface area contributed by atoms with Gasteiger partial charge in [0.2, 0.25) is 5.91 Å². The third-order valence-corrected chi connectivity index (χ3v) is 2.94. The number of carbonyl (C=O) groups excluding carboxylic acids is 1. The van der Waals surface area contributed by atoms with Crippen molar-refractivity contribution in [1.29, 1.82) is 0 Å². The number of ether oxygens (including phenoxy) is 1. The van der Waals surface area contributed by atoms with Crippen LogP contribution in [0, 0.1) is 0 Å². The van der Waals surface area contributed by atoms with Crippen molar-refractivity contribution in [2.75, 3.05) is 18.5 Å². The Morgan fingerprint density at radius 1 is 1.39 bits per heavy atom. The van der Waals surface area contributed by atoms with E-state index >= 15 is 0 Å². The largest absolute Gasteiger partial charge is 0.491 e. The minimum atomic E-state index is 0.0487. The lowest BCUT2D eigenvalue weighted by Crippen LogP contribution is -2.28. The second-order valence-corrected chi connectivity index (χ2v) is 5.12. The van der Waals surface area contributed by atoms with Crippen LogP contribution in [-0.4, -0.2) is 24.4 Å². The van der Waals surface area contributed by atoms with Gasteiger partial charge in [0, 0.05) is 11.8 Å². The summed E-state index contributed by atoms with van der Waals surface area (Å²) in [5, 5.41) is 3.50. The summed E-state index contributed by atoms with van der Waals surface area (Å²) in [6, 6.07) is 8.02. The first-order valence-electron chi connectivity index (χ1n) is 6.19. The van der Waals surface area contributed by atoms with E-state index in [2.05, 4.69) is 41.2 Å². The van der Waals surface area contributed by atoms with E-state index in [1.807, 2.05) is 18.2 Å². The number of rotatable bonds is 7. The number of alkyl halides is 1. The molecule has 0 aliphatic carbocycles. The number of amides is 1. The highest BCUT2D eigenvalue weighted by Crippen LogP contribution is 2.25. The Morgan fingerprint density at radius 3 is 2.78 bits per heavy atom. The molecule has 0 spiro atoms. The number of carbonyl (C=O) groups is 1. The van der Waals surface area contributed by atoms with Crippen LogP contribution >= 0.6 is 15.9 Å². The van der Waals surface area contributed by atoms with E-state index in [0.29, 0.717) is 30.8 Å². The summed E-state index contributed by atoms with van der Waals surface area (Å²) in [7, 11) is 0. The monoisotopic (exact) mass is 313 g/mol. The number of nitrogens with one attached hydrogen (secondary N) is 1. The summed E-state index contributed by atoms with van der Waals surface area (Å²) in [4.78, 5) is 11.2. The van der Waals surface area contributed by atoms with E-state index < -0.39 is 0 Å². The van der Waals surface area contributed by atoms with Crippen molar-refractivity contribution >= 4 is 21.8 Å². The molecule has 0 heterocycles. The molecule has 3 nitrogen and oxygen atoms in total. The predicted octanol–water partition coefficient (Wildman–Crippen LogP) is 3.09. The summed E-state index contributed by atoms with van der Waals surface area (Å²) in [6.45, 7) is 5.32. The van der Waals surface area contributed by atoms with Crippen LogP contribution < -0.4 is 10.1 Å². The van der Waals surface area contributed by atoms with Gasteiger partial charge in [0.1, 0.15) is 12.4 Å². The predicted molar refractivity (Wildman–Crippen MR) is 77.4 cm³/mol. The molecular weight excluding hydrogens is 294 g/mol. The number of hydrogen-bond acceptors (Lipinski definition) is 2. The van der Waals surface area contributed by atoms with Gasteiger partial charge in [0.05, 0.1) is 6.54 Å². The zero-order chi connectivity index (χ0) is 13.4. The molecule has 0 saturated heterocycles. The van der Waals surface area contributed by atoms with Crippen molar-refractivity contribution in [2.24, 2.45) is 0 Å². The van der Waals surface area contributed by atoms with E-state index in [4.69, 9.17) is 4.74 Å². The first kappa shape index (κ1) is 15.0. The molecule has 1 aromatic rings. The van der Waals surface area contributed by atoms with Crippen molar-refractivity contribution in [1.82, 2.24) is 5.32 Å². The summed E-state index contributed by atoms with van der Waals surface area (Å²) in [5.41, 5.74) is 1.20. The fraction of sp³-hybridized carbons (Fsp3) is 0.500. The standard InChI is InChI=1S/C14H20BrNO2/c1-11(2)12-5-3-4-6-13(12)18-10-9-16-14(17)7-8-15/h3-6,11H,7-10H2,1-2H3,(H,16,17). The third kappa shape index (κ3) is 5.08. The SMILES string of the molecule is CC(C)c1ccccc1OCCNC(=O)CCBr. The lowest BCUT2D eigenvalue weighted by atomic mass is 10.0. The number of halogens is 1. The molecule has 0 atom stereocenters. The molecule has 0 unspecified atom stereocenters. The second kappa shape index (κ2) is 8.14. The minimum Gasteiger partial charge on any atom is -0.491 e. The minimum absolute atomic E-state index is 0.0487. The molecule has 0 saturated carbocycles. The van der Waals surface area contributed by atoms with Crippen molar-refractivity contribution in [3.8, 4) is 5.75 Å². The summed E-state index contributed by atoms with van der Waals surface area (Å²) < 4.78 is 5.70. The van der Waals surface area contributed by atoms with Gasteiger partial charge < -0.3 is 10.1 Å². The first-order chi connectivity index (χ1) is 8.65. The normalized spacial score (nSPS) is 10.4. The van der Waals surface area contributed by atoms with Gasteiger partial charge in [-0.05, 0) is 17.5 Å². The van der Waals surface area contributed by atoms with Gasteiger partial charge in [-0.15, -0.1) is 0 Å². The molecule has 0 aromatic heterocycles. The highest BCUT2D eigenvalue weighted by Gasteiger charge is 2.06. The zero-order valence-electron chi connectivity index (χ0n) is 10.9. The Morgan fingerprint density at radius 2 is 2.11 bits per heavy atom. The van der Waals surface area contributed by atoms with Crippen molar-refractivity contribution in [3.05, 3.63) is 29.8 Å². The second-order valence-electron chi connectivity index (χ2n) is 4.33. The van der Waals surface area contributed by atoms with Crippen LogP contribution in [0.25, 0.3) is 0 Å². The van der Waals surface area contributed by atoms with Crippen LogP contribution in [-0.2, 0) is 4.79 Å². The maximum atomic E-state index is 11.2. The van der Waals surface area contributed by atoms with E-state index in [9.17, 15) is 4.79 Å². The lowest BCUT2D eigenvalue weighted by Gasteiger charge is -2.14. The first-order valence-corrected chi connectivity index (χ1v) is 7.31. The van der Waals surface area contributed by atoms with E-state index in [-0.39, 0.29) is 5.91 Å². The van der Waals surface area contributed by atoms with Crippen LogP contribution in [0.15, 0.2) is 24.3 Å². The molecule has 1 aromatic carbocycles.